The highest BCUT2D eigenvalue weighted by atomic mass is 16.5. The fraction of sp³-hybridized carbons (Fsp3) is 0.278. The molecule has 1 aromatic rings. The molecular weight excluding hydrogens is 324 g/mol. The first-order valence-electron chi connectivity index (χ1n) is 7.57. The highest BCUT2D eigenvalue weighted by molar-refractivity contribution is 6.15. The van der Waals surface area contributed by atoms with Gasteiger partial charge in [-0.15, -0.1) is 0 Å². The van der Waals surface area contributed by atoms with Crippen molar-refractivity contribution in [2.24, 2.45) is 4.99 Å². The summed E-state index contributed by atoms with van der Waals surface area (Å²) in [6.07, 6.45) is 2.53. The van der Waals surface area contributed by atoms with Crippen molar-refractivity contribution < 1.29 is 24.2 Å². The van der Waals surface area contributed by atoms with Gasteiger partial charge in [0.15, 0.2) is 5.70 Å². The van der Waals surface area contributed by atoms with Crippen LogP contribution in [-0.4, -0.2) is 56.0 Å². The topological polar surface area (TPSA) is 88.4 Å². The molecule has 0 heterocycles. The molecule has 0 aromatic heterocycles. The summed E-state index contributed by atoms with van der Waals surface area (Å²) >= 11 is 0. The third-order valence-corrected chi connectivity index (χ3v) is 2.91. The van der Waals surface area contributed by atoms with E-state index >= 15 is 0 Å². The van der Waals surface area contributed by atoms with Crippen LogP contribution in [0.1, 0.15) is 12.5 Å². The maximum atomic E-state index is 12.2. The Balaban J connectivity index is 3.34. The molecule has 25 heavy (non-hydrogen) atoms. The lowest BCUT2D eigenvalue weighted by Crippen LogP contribution is -2.13. The van der Waals surface area contributed by atoms with Gasteiger partial charge in [0.1, 0.15) is 11.3 Å². The predicted molar refractivity (Wildman–Crippen MR) is 94.9 cm³/mol. The van der Waals surface area contributed by atoms with E-state index in [0.717, 1.165) is 6.21 Å². The molecule has 0 atom stereocenters. The molecule has 0 fully saturated rings. The number of carbonyl (C=O) groups is 2. The molecule has 0 bridgehead atoms. The van der Waals surface area contributed by atoms with E-state index in [1.54, 1.807) is 56.3 Å². The van der Waals surface area contributed by atoms with Gasteiger partial charge in [0.05, 0.1) is 13.7 Å². The number of aliphatic hydroxyl groups excluding tert-OH is 1. The number of benzene rings is 1. The van der Waals surface area contributed by atoms with E-state index < -0.39 is 11.9 Å². The molecule has 0 saturated heterocycles. The molecule has 0 aliphatic heterocycles. The third kappa shape index (κ3) is 6.14. The largest absolute Gasteiger partial charge is 0.506 e. The zero-order valence-electron chi connectivity index (χ0n) is 14.7. The van der Waals surface area contributed by atoms with Crippen LogP contribution < -0.4 is 0 Å². The Kier molecular flexibility index (Phi) is 7.92. The number of aliphatic imine (C=N–C) groups is 1. The van der Waals surface area contributed by atoms with E-state index in [2.05, 4.69) is 9.73 Å². The van der Waals surface area contributed by atoms with Crippen LogP contribution in [0, 0.1) is 0 Å². The van der Waals surface area contributed by atoms with Gasteiger partial charge in [0.25, 0.3) is 0 Å². The number of methoxy groups -OCH3 is 1. The quantitative estimate of drug-likeness (QED) is 0.352. The number of rotatable bonds is 7. The van der Waals surface area contributed by atoms with Crippen molar-refractivity contribution in [2.75, 3.05) is 27.8 Å². The number of esters is 2. The van der Waals surface area contributed by atoms with Gasteiger partial charge in [0.2, 0.25) is 0 Å². The Labute approximate surface area is 146 Å². The number of hydrogen-bond acceptors (Lipinski definition) is 7. The summed E-state index contributed by atoms with van der Waals surface area (Å²) in [5.41, 5.74) is 0.227. The Morgan fingerprint density at radius 2 is 1.84 bits per heavy atom. The molecule has 0 aliphatic carbocycles. The van der Waals surface area contributed by atoms with Crippen molar-refractivity contribution in [2.45, 2.75) is 6.92 Å². The number of ether oxygens (including phenoxy) is 2. The number of nitrogens with zero attached hydrogens (tertiary/aromatic N) is 2. The first-order chi connectivity index (χ1) is 11.9. The summed E-state index contributed by atoms with van der Waals surface area (Å²) in [6.45, 7) is 1.79. The van der Waals surface area contributed by atoms with Crippen molar-refractivity contribution in [1.29, 1.82) is 0 Å². The van der Waals surface area contributed by atoms with E-state index in [4.69, 9.17) is 4.74 Å². The summed E-state index contributed by atoms with van der Waals surface area (Å²) in [7, 11) is 4.65. The van der Waals surface area contributed by atoms with Crippen LogP contribution >= 0.6 is 0 Å². The van der Waals surface area contributed by atoms with E-state index in [1.165, 1.54) is 13.3 Å². The minimum Gasteiger partial charge on any atom is -0.506 e. The van der Waals surface area contributed by atoms with Crippen LogP contribution in [0.25, 0.3) is 5.76 Å². The van der Waals surface area contributed by atoms with Crippen molar-refractivity contribution in [1.82, 2.24) is 4.90 Å². The van der Waals surface area contributed by atoms with E-state index in [-0.39, 0.29) is 23.6 Å². The molecule has 7 nitrogen and oxygen atoms in total. The Morgan fingerprint density at radius 3 is 2.36 bits per heavy atom. The minimum atomic E-state index is -0.748. The third-order valence-electron chi connectivity index (χ3n) is 2.91. The highest BCUT2D eigenvalue weighted by Crippen LogP contribution is 2.16. The smallest absolute Gasteiger partial charge is 0.358 e. The van der Waals surface area contributed by atoms with E-state index in [9.17, 15) is 14.7 Å². The molecule has 1 N–H and O–H groups in total. The second-order valence-corrected chi connectivity index (χ2v) is 5.08. The molecule has 1 rings (SSSR count). The number of aliphatic hydroxyl groups is 1. The fourth-order valence-electron chi connectivity index (χ4n) is 1.79. The predicted octanol–water partition coefficient (Wildman–Crippen LogP) is 2.17. The second kappa shape index (κ2) is 9.92. The van der Waals surface area contributed by atoms with E-state index in [1.807, 2.05) is 0 Å². The van der Waals surface area contributed by atoms with Crippen LogP contribution in [0.5, 0.6) is 0 Å². The molecule has 134 valence electrons. The van der Waals surface area contributed by atoms with Gasteiger partial charge >= 0.3 is 11.9 Å². The molecule has 0 aliphatic rings. The zero-order valence-corrected chi connectivity index (χ0v) is 14.7. The van der Waals surface area contributed by atoms with Crippen LogP contribution in [0.2, 0.25) is 0 Å². The first kappa shape index (κ1) is 20.0. The molecular formula is C18H22N2O5. The Hall–Kier alpha value is -3.09. The fourth-order valence-corrected chi connectivity index (χ4v) is 1.79. The number of hydrogen-bond donors (Lipinski definition) is 1. The van der Waals surface area contributed by atoms with Gasteiger partial charge in [-0.2, -0.15) is 0 Å². The molecule has 0 saturated carbocycles. The van der Waals surface area contributed by atoms with Crippen LogP contribution in [0.4, 0.5) is 0 Å². The standard InChI is InChI=1S/C18H22N2O5/c1-5-25-17(22)14(16(21)13-9-7-6-8-10-13)11-19-15(12-20(2)3)18(23)24-4/h6-12,21H,5H2,1-4H3/b15-12-,16-14-,19-11+. The van der Waals surface area contributed by atoms with E-state index in [0.29, 0.717) is 5.56 Å². The van der Waals surface area contributed by atoms with Crippen LogP contribution in [0.3, 0.4) is 0 Å². The van der Waals surface area contributed by atoms with Crippen molar-refractivity contribution in [3.8, 4) is 0 Å². The first-order valence-corrected chi connectivity index (χ1v) is 7.57. The Morgan fingerprint density at radius 1 is 1.20 bits per heavy atom. The summed E-state index contributed by atoms with van der Waals surface area (Å²) in [5, 5.41) is 10.4. The summed E-state index contributed by atoms with van der Waals surface area (Å²) in [4.78, 5) is 29.5. The van der Waals surface area contributed by atoms with Gasteiger partial charge < -0.3 is 19.5 Å². The normalized spacial score (nSPS) is 12.6. The zero-order chi connectivity index (χ0) is 18.8. The lowest BCUT2D eigenvalue weighted by Gasteiger charge is -2.08. The number of carbonyl (C=O) groups excluding carboxylic acids is 2. The maximum Gasteiger partial charge on any atom is 0.358 e. The molecule has 7 heteroatoms. The second-order valence-electron chi connectivity index (χ2n) is 5.08. The van der Waals surface area contributed by atoms with Gasteiger partial charge in [0, 0.05) is 32.1 Å². The van der Waals surface area contributed by atoms with Crippen molar-refractivity contribution >= 4 is 23.9 Å². The molecule has 0 radical (unpaired) electrons. The lowest BCUT2D eigenvalue weighted by atomic mass is 10.1. The lowest BCUT2D eigenvalue weighted by molar-refractivity contribution is -0.138. The highest BCUT2D eigenvalue weighted by Gasteiger charge is 2.17. The summed E-state index contributed by atoms with van der Waals surface area (Å²) in [6, 6.07) is 8.50. The summed E-state index contributed by atoms with van der Waals surface area (Å²) < 4.78 is 9.61. The van der Waals surface area contributed by atoms with Gasteiger partial charge in [-0.05, 0) is 6.92 Å². The molecule has 1 aromatic carbocycles. The van der Waals surface area contributed by atoms with Crippen molar-refractivity contribution in [3.63, 3.8) is 0 Å². The molecule has 0 spiro atoms. The minimum absolute atomic E-state index is 0.0323. The average Bonchev–Trinajstić information content (AvgIpc) is 2.60. The van der Waals surface area contributed by atoms with Crippen molar-refractivity contribution in [3.05, 3.63) is 53.4 Å². The monoisotopic (exact) mass is 346 g/mol. The summed E-state index contributed by atoms with van der Waals surface area (Å²) in [5.74, 6) is -1.72. The SMILES string of the molecule is CCOC(=O)C(/C=N/C(=C\N(C)C)C(=O)OC)=C(\O)c1ccccc1. The molecule has 0 unspecified atom stereocenters. The van der Waals surface area contributed by atoms with Crippen LogP contribution in [-0.2, 0) is 19.1 Å². The maximum absolute atomic E-state index is 12.2. The van der Waals surface area contributed by atoms with Gasteiger partial charge in [-0.1, -0.05) is 30.3 Å². The van der Waals surface area contributed by atoms with Crippen LogP contribution in [0.15, 0.2) is 52.8 Å². The average molecular weight is 346 g/mol. The van der Waals surface area contributed by atoms with Gasteiger partial charge in [-0.25, -0.2) is 14.6 Å². The Bertz CT molecular complexity index is 691. The van der Waals surface area contributed by atoms with Gasteiger partial charge in [-0.3, -0.25) is 0 Å². The molecule has 0 amide bonds.